The first-order valence-electron chi connectivity index (χ1n) is 5.01. The average molecular weight is 269 g/mol. The minimum Gasteiger partial charge on any atom is -0.353 e. The molecule has 1 atom stereocenters. The number of rotatable bonds is 2. The Bertz CT molecular complexity index is 350. The van der Waals surface area contributed by atoms with Crippen LogP contribution >= 0.6 is 15.9 Å². The number of carbonyl (C=O) groups is 1. The first-order chi connectivity index (χ1) is 7.25. The highest BCUT2D eigenvalue weighted by molar-refractivity contribution is 9.10. The van der Waals surface area contributed by atoms with Crippen LogP contribution in [0.1, 0.15) is 5.56 Å². The number of piperazine rings is 1. The van der Waals surface area contributed by atoms with Gasteiger partial charge in [-0.05, 0) is 24.1 Å². The van der Waals surface area contributed by atoms with Crippen LogP contribution in [0, 0.1) is 0 Å². The van der Waals surface area contributed by atoms with Crippen molar-refractivity contribution < 1.29 is 4.79 Å². The number of amides is 1. The summed E-state index contributed by atoms with van der Waals surface area (Å²) in [6.07, 6.45) is 0.749. The number of halogens is 1. The van der Waals surface area contributed by atoms with Crippen LogP contribution in [-0.4, -0.2) is 25.0 Å². The smallest absolute Gasteiger partial charge is 0.237 e. The molecule has 80 valence electrons. The normalized spacial score (nSPS) is 21.1. The van der Waals surface area contributed by atoms with Crippen LogP contribution in [0.2, 0.25) is 0 Å². The Morgan fingerprint density at radius 2 is 2.00 bits per heavy atom. The molecule has 3 nitrogen and oxygen atoms in total. The molecule has 0 saturated carbocycles. The third kappa shape index (κ3) is 2.79. The van der Waals surface area contributed by atoms with Gasteiger partial charge in [0.2, 0.25) is 5.91 Å². The summed E-state index contributed by atoms with van der Waals surface area (Å²) in [4.78, 5) is 11.5. The van der Waals surface area contributed by atoms with E-state index in [9.17, 15) is 4.79 Å². The summed E-state index contributed by atoms with van der Waals surface area (Å²) < 4.78 is 1.06. The van der Waals surface area contributed by atoms with E-state index >= 15 is 0 Å². The minimum absolute atomic E-state index is 0.0834. The van der Waals surface area contributed by atoms with Gasteiger partial charge in [0.25, 0.3) is 0 Å². The van der Waals surface area contributed by atoms with E-state index < -0.39 is 0 Å². The van der Waals surface area contributed by atoms with Crippen molar-refractivity contribution in [2.24, 2.45) is 0 Å². The van der Waals surface area contributed by atoms with Crippen molar-refractivity contribution in [3.8, 4) is 0 Å². The predicted molar refractivity (Wildman–Crippen MR) is 62.6 cm³/mol. The lowest BCUT2D eigenvalue weighted by atomic mass is 10.0. The van der Waals surface area contributed by atoms with Crippen LogP contribution in [0.15, 0.2) is 28.7 Å². The standard InChI is InChI=1S/C11H13BrN2O/c12-9-3-1-8(2-4-9)7-10-11(15)14-6-5-13-10/h1-4,10,13H,5-7H2,(H,14,15)/t10-/m1/s1. The maximum Gasteiger partial charge on any atom is 0.237 e. The van der Waals surface area contributed by atoms with Gasteiger partial charge in [-0.15, -0.1) is 0 Å². The van der Waals surface area contributed by atoms with Gasteiger partial charge < -0.3 is 10.6 Å². The molecule has 1 aliphatic rings. The van der Waals surface area contributed by atoms with Gasteiger partial charge in [-0.3, -0.25) is 4.79 Å². The second kappa shape index (κ2) is 4.77. The molecular formula is C11H13BrN2O. The number of nitrogens with one attached hydrogen (secondary N) is 2. The molecule has 4 heteroatoms. The molecule has 2 rings (SSSR count). The fourth-order valence-electron chi connectivity index (χ4n) is 1.67. The largest absolute Gasteiger partial charge is 0.353 e. The maximum atomic E-state index is 11.5. The molecule has 0 spiro atoms. The van der Waals surface area contributed by atoms with Crippen LogP contribution in [0.5, 0.6) is 0 Å². The topological polar surface area (TPSA) is 41.1 Å². The van der Waals surface area contributed by atoms with Gasteiger partial charge >= 0.3 is 0 Å². The molecule has 1 aromatic rings. The molecular weight excluding hydrogens is 256 g/mol. The van der Waals surface area contributed by atoms with E-state index in [1.54, 1.807) is 0 Å². The van der Waals surface area contributed by atoms with Crippen LogP contribution in [0.4, 0.5) is 0 Å². The van der Waals surface area contributed by atoms with Crippen molar-refractivity contribution in [1.29, 1.82) is 0 Å². The van der Waals surface area contributed by atoms with Crippen LogP contribution in [-0.2, 0) is 11.2 Å². The lowest BCUT2D eigenvalue weighted by molar-refractivity contribution is -0.124. The second-order valence-corrected chi connectivity index (χ2v) is 4.54. The predicted octanol–water partition coefficient (Wildman–Crippen LogP) is 1.08. The zero-order chi connectivity index (χ0) is 10.7. The lowest BCUT2D eigenvalue weighted by Gasteiger charge is -2.23. The summed E-state index contributed by atoms with van der Waals surface area (Å²) in [5.41, 5.74) is 1.17. The summed E-state index contributed by atoms with van der Waals surface area (Å²) >= 11 is 3.39. The maximum absolute atomic E-state index is 11.5. The summed E-state index contributed by atoms with van der Waals surface area (Å²) in [7, 11) is 0. The third-order valence-electron chi connectivity index (χ3n) is 2.48. The summed E-state index contributed by atoms with van der Waals surface area (Å²) in [5, 5.41) is 6.06. The fourth-order valence-corrected chi connectivity index (χ4v) is 1.93. The molecule has 0 aliphatic carbocycles. The lowest BCUT2D eigenvalue weighted by Crippen LogP contribution is -2.53. The highest BCUT2D eigenvalue weighted by Gasteiger charge is 2.21. The summed E-state index contributed by atoms with van der Waals surface area (Å²) in [6, 6.07) is 7.98. The van der Waals surface area contributed by atoms with Gasteiger partial charge in [0.15, 0.2) is 0 Å². The zero-order valence-corrected chi connectivity index (χ0v) is 9.88. The van der Waals surface area contributed by atoms with Crippen LogP contribution in [0.25, 0.3) is 0 Å². The van der Waals surface area contributed by atoms with Gasteiger partial charge in [-0.25, -0.2) is 0 Å². The molecule has 1 fully saturated rings. The van der Waals surface area contributed by atoms with Crippen LogP contribution in [0.3, 0.4) is 0 Å². The van der Waals surface area contributed by atoms with E-state index in [0.29, 0.717) is 0 Å². The Kier molecular flexibility index (Phi) is 3.38. The van der Waals surface area contributed by atoms with Crippen molar-refractivity contribution in [3.05, 3.63) is 34.3 Å². The highest BCUT2D eigenvalue weighted by Crippen LogP contribution is 2.12. The average Bonchev–Trinajstić information content (AvgIpc) is 2.25. The van der Waals surface area contributed by atoms with Crippen molar-refractivity contribution in [1.82, 2.24) is 10.6 Å². The number of hydrogen-bond acceptors (Lipinski definition) is 2. The molecule has 0 unspecified atom stereocenters. The van der Waals surface area contributed by atoms with Crippen molar-refractivity contribution in [2.75, 3.05) is 13.1 Å². The van der Waals surface area contributed by atoms with E-state index in [0.717, 1.165) is 24.0 Å². The molecule has 1 amide bonds. The van der Waals surface area contributed by atoms with E-state index in [1.165, 1.54) is 5.56 Å². The number of carbonyl (C=O) groups excluding carboxylic acids is 1. The van der Waals surface area contributed by atoms with E-state index in [1.807, 2.05) is 24.3 Å². The minimum atomic E-state index is -0.0834. The van der Waals surface area contributed by atoms with Crippen LogP contribution < -0.4 is 10.6 Å². The van der Waals surface area contributed by atoms with Gasteiger partial charge in [0.05, 0.1) is 6.04 Å². The second-order valence-electron chi connectivity index (χ2n) is 3.63. The Morgan fingerprint density at radius 1 is 1.27 bits per heavy atom. The third-order valence-corrected chi connectivity index (χ3v) is 3.01. The number of benzene rings is 1. The Labute approximate surface area is 97.4 Å². The molecule has 2 N–H and O–H groups in total. The SMILES string of the molecule is O=C1NCCN[C@@H]1Cc1ccc(Br)cc1. The molecule has 0 bridgehead atoms. The van der Waals surface area contributed by atoms with Crippen molar-refractivity contribution in [3.63, 3.8) is 0 Å². The van der Waals surface area contributed by atoms with Crippen molar-refractivity contribution >= 4 is 21.8 Å². The Balaban J connectivity index is 2.01. The molecule has 1 aromatic carbocycles. The van der Waals surface area contributed by atoms with E-state index in [2.05, 4.69) is 26.6 Å². The zero-order valence-electron chi connectivity index (χ0n) is 8.29. The van der Waals surface area contributed by atoms with Gasteiger partial charge in [0, 0.05) is 17.6 Å². The monoisotopic (exact) mass is 268 g/mol. The van der Waals surface area contributed by atoms with E-state index in [-0.39, 0.29) is 11.9 Å². The first-order valence-corrected chi connectivity index (χ1v) is 5.80. The van der Waals surface area contributed by atoms with E-state index in [4.69, 9.17) is 0 Å². The van der Waals surface area contributed by atoms with Gasteiger partial charge in [0.1, 0.15) is 0 Å². The molecule has 1 heterocycles. The van der Waals surface area contributed by atoms with Crippen molar-refractivity contribution in [2.45, 2.75) is 12.5 Å². The first kappa shape index (κ1) is 10.6. The molecule has 1 saturated heterocycles. The molecule has 0 radical (unpaired) electrons. The van der Waals surface area contributed by atoms with Gasteiger partial charge in [-0.1, -0.05) is 28.1 Å². The highest BCUT2D eigenvalue weighted by atomic mass is 79.9. The summed E-state index contributed by atoms with van der Waals surface area (Å²) in [6.45, 7) is 1.59. The molecule has 0 aromatic heterocycles. The fraction of sp³-hybridized carbons (Fsp3) is 0.364. The van der Waals surface area contributed by atoms with Gasteiger partial charge in [-0.2, -0.15) is 0 Å². The Hall–Kier alpha value is -0.870. The number of hydrogen-bond donors (Lipinski definition) is 2. The Morgan fingerprint density at radius 3 is 2.67 bits per heavy atom. The summed E-state index contributed by atoms with van der Waals surface area (Å²) in [5.74, 6) is 0.101. The molecule has 15 heavy (non-hydrogen) atoms. The molecule has 1 aliphatic heterocycles. The quantitative estimate of drug-likeness (QED) is 0.843.